The van der Waals surface area contributed by atoms with E-state index in [1.807, 2.05) is 10.6 Å². The molecule has 0 saturated carbocycles. The van der Waals surface area contributed by atoms with Crippen LogP contribution in [0.1, 0.15) is 38.6 Å². The largest absolute Gasteiger partial charge is 0.374 e. The predicted octanol–water partition coefficient (Wildman–Crippen LogP) is 3.21. The predicted molar refractivity (Wildman–Crippen MR) is 95.4 cm³/mol. The Morgan fingerprint density at radius 1 is 1.29 bits per heavy atom. The first-order valence-corrected chi connectivity index (χ1v) is 8.62. The monoisotopic (exact) mass is 333 g/mol. The van der Waals surface area contributed by atoms with Crippen molar-refractivity contribution in [2.45, 2.75) is 46.8 Å². The second kappa shape index (κ2) is 8.78. The van der Waals surface area contributed by atoms with Crippen molar-refractivity contribution < 1.29 is 4.39 Å². The summed E-state index contributed by atoms with van der Waals surface area (Å²) in [7, 11) is 2.07. The summed E-state index contributed by atoms with van der Waals surface area (Å²) in [5, 5.41) is 11.4. The molecule has 2 aromatic rings. The minimum atomic E-state index is -0.204. The molecular weight excluding hydrogens is 305 g/mol. The molecule has 5 nitrogen and oxygen atoms in total. The Bertz CT molecular complexity index is 640. The fraction of sp³-hybridized carbons (Fsp3) is 0.556. The van der Waals surface area contributed by atoms with Crippen molar-refractivity contribution in [3.8, 4) is 0 Å². The van der Waals surface area contributed by atoms with Gasteiger partial charge in [-0.2, -0.15) is 0 Å². The van der Waals surface area contributed by atoms with Crippen LogP contribution in [0, 0.1) is 11.7 Å². The minimum absolute atomic E-state index is 0.204. The van der Waals surface area contributed by atoms with E-state index in [1.54, 1.807) is 12.4 Å². The Kier molecular flexibility index (Phi) is 6.73. The van der Waals surface area contributed by atoms with Crippen molar-refractivity contribution >= 4 is 5.69 Å². The Hall–Kier alpha value is -1.95. The van der Waals surface area contributed by atoms with Gasteiger partial charge in [-0.25, -0.2) is 4.39 Å². The average Bonchev–Trinajstić information content (AvgIpc) is 3.02. The first kappa shape index (κ1) is 18.4. The van der Waals surface area contributed by atoms with Crippen LogP contribution in [0.2, 0.25) is 0 Å². The first-order chi connectivity index (χ1) is 11.5. The van der Waals surface area contributed by atoms with Crippen LogP contribution in [0.15, 0.2) is 24.5 Å². The molecular formula is C18H28FN5. The highest BCUT2D eigenvalue weighted by atomic mass is 19.1. The van der Waals surface area contributed by atoms with Crippen LogP contribution in [0.4, 0.5) is 10.1 Å². The molecule has 132 valence electrons. The van der Waals surface area contributed by atoms with Gasteiger partial charge in [-0.3, -0.25) is 0 Å². The fourth-order valence-corrected chi connectivity index (χ4v) is 2.75. The van der Waals surface area contributed by atoms with E-state index in [-0.39, 0.29) is 5.82 Å². The van der Waals surface area contributed by atoms with Gasteiger partial charge in [-0.05, 0) is 36.6 Å². The number of nitrogens with one attached hydrogen (secondary N) is 1. The molecule has 6 heteroatoms. The van der Waals surface area contributed by atoms with Crippen molar-refractivity contribution in [2.75, 3.05) is 18.5 Å². The van der Waals surface area contributed by atoms with E-state index >= 15 is 0 Å². The normalized spacial score (nSPS) is 12.4. The summed E-state index contributed by atoms with van der Waals surface area (Å²) in [5.74, 6) is 1.29. The van der Waals surface area contributed by atoms with Gasteiger partial charge in [0.15, 0.2) is 0 Å². The molecule has 0 unspecified atom stereocenters. The van der Waals surface area contributed by atoms with E-state index < -0.39 is 0 Å². The van der Waals surface area contributed by atoms with Crippen LogP contribution in [0.25, 0.3) is 0 Å². The minimum Gasteiger partial charge on any atom is -0.374 e. The standard InChI is InChI=1S/C18H28FN5/c1-5-14(3)12-23(4)17-8-7-16(19)9-15(17)10-20-11-18-22-21-13-24(18)6-2/h7-9,13-14,20H,5-6,10-12H2,1-4H3/t14-/m0/s1. The van der Waals surface area contributed by atoms with Gasteiger partial charge in [0, 0.05) is 32.4 Å². The summed E-state index contributed by atoms with van der Waals surface area (Å²) >= 11 is 0. The Balaban J connectivity index is 2.04. The third-order valence-corrected chi connectivity index (χ3v) is 4.37. The molecule has 0 radical (unpaired) electrons. The molecule has 0 amide bonds. The molecule has 0 aliphatic carbocycles. The van der Waals surface area contributed by atoms with E-state index in [0.29, 0.717) is 19.0 Å². The molecule has 0 saturated heterocycles. The zero-order valence-corrected chi connectivity index (χ0v) is 15.1. The maximum Gasteiger partial charge on any atom is 0.146 e. The summed E-state index contributed by atoms with van der Waals surface area (Å²) < 4.78 is 15.7. The van der Waals surface area contributed by atoms with Gasteiger partial charge < -0.3 is 14.8 Å². The highest BCUT2D eigenvalue weighted by molar-refractivity contribution is 5.53. The third kappa shape index (κ3) is 4.77. The molecule has 1 N–H and O–H groups in total. The number of benzene rings is 1. The van der Waals surface area contributed by atoms with Crippen LogP contribution >= 0.6 is 0 Å². The van der Waals surface area contributed by atoms with Gasteiger partial charge in [0.2, 0.25) is 0 Å². The average molecular weight is 333 g/mol. The third-order valence-electron chi connectivity index (χ3n) is 4.37. The lowest BCUT2D eigenvalue weighted by molar-refractivity contribution is 0.556. The van der Waals surface area contributed by atoms with Crippen LogP contribution in [-0.4, -0.2) is 28.4 Å². The summed E-state index contributed by atoms with van der Waals surface area (Å²) in [6, 6.07) is 5.00. The number of rotatable bonds is 9. The molecule has 1 atom stereocenters. The molecule has 1 heterocycles. The van der Waals surface area contributed by atoms with Crippen molar-refractivity contribution in [3.05, 3.63) is 41.7 Å². The van der Waals surface area contributed by atoms with Gasteiger partial charge in [0.05, 0.1) is 6.54 Å². The lowest BCUT2D eigenvalue weighted by Gasteiger charge is -2.25. The zero-order valence-electron chi connectivity index (χ0n) is 15.1. The SMILES string of the molecule is CC[C@H](C)CN(C)c1ccc(F)cc1CNCc1nncn1CC. The molecule has 0 aliphatic rings. The smallest absolute Gasteiger partial charge is 0.146 e. The summed E-state index contributed by atoms with van der Waals surface area (Å²) in [4.78, 5) is 2.21. The first-order valence-electron chi connectivity index (χ1n) is 8.62. The van der Waals surface area contributed by atoms with Crippen LogP contribution in [0.3, 0.4) is 0 Å². The molecule has 1 aromatic carbocycles. The quantitative estimate of drug-likeness (QED) is 0.765. The molecule has 0 fully saturated rings. The Morgan fingerprint density at radius 3 is 2.79 bits per heavy atom. The van der Waals surface area contributed by atoms with Crippen molar-refractivity contribution in [1.29, 1.82) is 0 Å². The van der Waals surface area contributed by atoms with Crippen LogP contribution in [0.5, 0.6) is 0 Å². The van der Waals surface area contributed by atoms with Gasteiger partial charge >= 0.3 is 0 Å². The van der Waals surface area contributed by atoms with E-state index in [1.165, 1.54) is 6.07 Å². The number of halogens is 1. The Morgan fingerprint density at radius 2 is 2.08 bits per heavy atom. The Labute approximate surface area is 143 Å². The number of hydrogen-bond acceptors (Lipinski definition) is 4. The van der Waals surface area contributed by atoms with E-state index in [2.05, 4.69) is 48.2 Å². The highest BCUT2D eigenvalue weighted by Crippen LogP contribution is 2.22. The van der Waals surface area contributed by atoms with Gasteiger partial charge in [-0.1, -0.05) is 20.3 Å². The molecule has 0 spiro atoms. The number of aromatic nitrogens is 3. The summed E-state index contributed by atoms with van der Waals surface area (Å²) in [6.45, 7) is 9.48. The molecule has 24 heavy (non-hydrogen) atoms. The van der Waals surface area contributed by atoms with Crippen LogP contribution in [-0.2, 0) is 19.6 Å². The maximum atomic E-state index is 13.7. The van der Waals surface area contributed by atoms with Gasteiger partial charge in [-0.15, -0.1) is 10.2 Å². The lowest BCUT2D eigenvalue weighted by Crippen LogP contribution is -2.26. The number of hydrogen-bond donors (Lipinski definition) is 1. The van der Waals surface area contributed by atoms with Gasteiger partial charge in [0.1, 0.15) is 18.0 Å². The number of aryl methyl sites for hydroxylation is 1. The van der Waals surface area contributed by atoms with Crippen molar-refractivity contribution in [2.24, 2.45) is 5.92 Å². The molecule has 1 aromatic heterocycles. The summed E-state index contributed by atoms with van der Waals surface area (Å²) in [6.07, 6.45) is 2.86. The number of nitrogens with zero attached hydrogens (tertiary/aromatic N) is 4. The second-order valence-corrected chi connectivity index (χ2v) is 6.30. The van der Waals surface area contributed by atoms with Crippen molar-refractivity contribution in [3.63, 3.8) is 0 Å². The summed E-state index contributed by atoms with van der Waals surface area (Å²) in [5.41, 5.74) is 2.03. The van der Waals surface area contributed by atoms with E-state index in [9.17, 15) is 4.39 Å². The van der Waals surface area contributed by atoms with Gasteiger partial charge in [0.25, 0.3) is 0 Å². The highest BCUT2D eigenvalue weighted by Gasteiger charge is 2.11. The maximum absolute atomic E-state index is 13.7. The van der Waals surface area contributed by atoms with E-state index in [4.69, 9.17) is 0 Å². The fourth-order valence-electron chi connectivity index (χ4n) is 2.75. The van der Waals surface area contributed by atoms with Crippen LogP contribution < -0.4 is 10.2 Å². The zero-order chi connectivity index (χ0) is 17.5. The lowest BCUT2D eigenvalue weighted by atomic mass is 10.1. The molecule has 0 aliphatic heterocycles. The number of anilines is 1. The molecule has 2 rings (SSSR count). The topological polar surface area (TPSA) is 46.0 Å². The van der Waals surface area contributed by atoms with E-state index in [0.717, 1.165) is 36.6 Å². The molecule has 0 bridgehead atoms. The van der Waals surface area contributed by atoms with Crippen molar-refractivity contribution in [1.82, 2.24) is 20.1 Å². The second-order valence-electron chi connectivity index (χ2n) is 6.30.